The van der Waals surface area contributed by atoms with Gasteiger partial charge in [-0.1, -0.05) is 12.8 Å². The summed E-state index contributed by atoms with van der Waals surface area (Å²) in [6.07, 6.45) is 9.11. The number of aliphatic hydroxyl groups is 1. The first-order valence-electron chi connectivity index (χ1n) is 7.73. The summed E-state index contributed by atoms with van der Waals surface area (Å²) < 4.78 is 5.67. The molecule has 3 fully saturated rings. The molecular formula is C15H27NO2. The Kier molecular flexibility index (Phi) is 3.65. The van der Waals surface area contributed by atoms with Crippen LogP contribution in [0.3, 0.4) is 0 Å². The molecule has 104 valence electrons. The van der Waals surface area contributed by atoms with Crippen LogP contribution in [-0.2, 0) is 4.74 Å². The fourth-order valence-corrected chi connectivity index (χ4v) is 4.57. The van der Waals surface area contributed by atoms with Crippen molar-refractivity contribution in [2.24, 2.45) is 5.41 Å². The van der Waals surface area contributed by atoms with Crippen molar-refractivity contribution in [1.82, 2.24) is 4.90 Å². The van der Waals surface area contributed by atoms with Crippen molar-refractivity contribution in [2.45, 2.75) is 70.1 Å². The number of nitrogens with zero attached hydrogens (tertiary/aromatic N) is 1. The van der Waals surface area contributed by atoms with Crippen molar-refractivity contribution >= 4 is 0 Å². The highest BCUT2D eigenvalue weighted by Crippen LogP contribution is 2.51. The van der Waals surface area contributed by atoms with Gasteiger partial charge in [0.2, 0.25) is 0 Å². The van der Waals surface area contributed by atoms with Gasteiger partial charge in [0.1, 0.15) is 0 Å². The summed E-state index contributed by atoms with van der Waals surface area (Å²) in [6.45, 7) is 5.15. The Morgan fingerprint density at radius 1 is 1.22 bits per heavy atom. The molecule has 0 radical (unpaired) electrons. The van der Waals surface area contributed by atoms with Gasteiger partial charge in [-0.05, 0) is 44.4 Å². The van der Waals surface area contributed by atoms with E-state index in [4.69, 9.17) is 4.74 Å². The van der Waals surface area contributed by atoms with Crippen LogP contribution in [0.25, 0.3) is 0 Å². The molecule has 2 saturated carbocycles. The minimum atomic E-state index is -0.0700. The second-order valence-electron chi connectivity index (χ2n) is 6.69. The van der Waals surface area contributed by atoms with Gasteiger partial charge >= 0.3 is 0 Å². The van der Waals surface area contributed by atoms with Crippen molar-refractivity contribution in [2.75, 3.05) is 19.7 Å². The third-order valence-corrected chi connectivity index (χ3v) is 5.49. The summed E-state index contributed by atoms with van der Waals surface area (Å²) in [7, 11) is 0. The van der Waals surface area contributed by atoms with Crippen LogP contribution in [0.1, 0.15) is 51.9 Å². The van der Waals surface area contributed by atoms with E-state index in [1.54, 1.807) is 0 Å². The Labute approximate surface area is 110 Å². The van der Waals surface area contributed by atoms with Crippen LogP contribution in [0.15, 0.2) is 0 Å². The number of ether oxygens (including phenoxy) is 1. The van der Waals surface area contributed by atoms with Crippen LogP contribution in [-0.4, -0.2) is 48.0 Å². The molecule has 1 saturated heterocycles. The summed E-state index contributed by atoms with van der Waals surface area (Å²) >= 11 is 0. The van der Waals surface area contributed by atoms with Crippen LogP contribution in [0.2, 0.25) is 0 Å². The molecule has 1 N–H and O–H groups in total. The highest BCUT2D eigenvalue weighted by Gasteiger charge is 2.47. The highest BCUT2D eigenvalue weighted by molar-refractivity contribution is 5.01. The van der Waals surface area contributed by atoms with Crippen LogP contribution in [0, 0.1) is 5.41 Å². The Morgan fingerprint density at radius 3 is 2.72 bits per heavy atom. The summed E-state index contributed by atoms with van der Waals surface area (Å²) in [6, 6.07) is 0.607. The van der Waals surface area contributed by atoms with Crippen molar-refractivity contribution in [3.05, 3.63) is 0 Å². The first-order valence-corrected chi connectivity index (χ1v) is 7.73. The standard InChI is InChI=1S/C15H27NO2/c1-12-11-16(8-9-18-12)14-10-13(17)4-7-15(14)5-2-3-6-15/h12-14,17H,2-11H2,1H3. The van der Waals surface area contributed by atoms with Gasteiger partial charge in [0, 0.05) is 19.1 Å². The SMILES string of the molecule is CC1CN(C2CC(O)CCC23CCCC3)CCO1. The van der Waals surface area contributed by atoms with E-state index in [2.05, 4.69) is 11.8 Å². The van der Waals surface area contributed by atoms with E-state index in [1.807, 2.05) is 0 Å². The molecule has 0 amide bonds. The summed E-state index contributed by atoms with van der Waals surface area (Å²) in [5.41, 5.74) is 0.524. The highest BCUT2D eigenvalue weighted by atomic mass is 16.5. The fourth-order valence-electron chi connectivity index (χ4n) is 4.57. The van der Waals surface area contributed by atoms with Crippen LogP contribution in [0.5, 0.6) is 0 Å². The summed E-state index contributed by atoms with van der Waals surface area (Å²) in [5, 5.41) is 10.1. The van der Waals surface area contributed by atoms with E-state index in [0.717, 1.165) is 32.5 Å². The summed E-state index contributed by atoms with van der Waals surface area (Å²) in [5.74, 6) is 0. The number of hydrogen-bond acceptors (Lipinski definition) is 3. The molecule has 3 atom stereocenters. The topological polar surface area (TPSA) is 32.7 Å². The van der Waals surface area contributed by atoms with Gasteiger partial charge in [-0.2, -0.15) is 0 Å². The van der Waals surface area contributed by atoms with E-state index >= 15 is 0 Å². The third-order valence-electron chi connectivity index (χ3n) is 5.49. The maximum Gasteiger partial charge on any atom is 0.0674 e. The average molecular weight is 253 g/mol. The van der Waals surface area contributed by atoms with Crippen molar-refractivity contribution in [1.29, 1.82) is 0 Å². The Hall–Kier alpha value is -0.120. The maximum atomic E-state index is 10.1. The zero-order chi connectivity index (χ0) is 12.6. The van der Waals surface area contributed by atoms with Gasteiger partial charge in [-0.25, -0.2) is 0 Å². The van der Waals surface area contributed by atoms with Gasteiger partial charge in [0.25, 0.3) is 0 Å². The van der Waals surface area contributed by atoms with Crippen molar-refractivity contribution < 1.29 is 9.84 Å². The molecule has 3 nitrogen and oxygen atoms in total. The number of aliphatic hydroxyl groups excluding tert-OH is 1. The lowest BCUT2D eigenvalue weighted by Crippen LogP contribution is -2.56. The molecule has 0 aromatic heterocycles. The number of hydrogen-bond donors (Lipinski definition) is 1. The fraction of sp³-hybridized carbons (Fsp3) is 1.00. The molecule has 0 bridgehead atoms. The molecule has 1 spiro atoms. The molecular weight excluding hydrogens is 226 g/mol. The van der Waals surface area contributed by atoms with Gasteiger partial charge in [-0.3, -0.25) is 4.90 Å². The van der Waals surface area contributed by atoms with Gasteiger partial charge in [-0.15, -0.1) is 0 Å². The van der Waals surface area contributed by atoms with Crippen molar-refractivity contribution in [3.8, 4) is 0 Å². The van der Waals surface area contributed by atoms with Gasteiger partial charge in [0.15, 0.2) is 0 Å². The minimum absolute atomic E-state index is 0.0700. The zero-order valence-electron chi connectivity index (χ0n) is 11.6. The number of rotatable bonds is 1. The predicted octanol–water partition coefficient (Wildman–Crippen LogP) is 2.18. The van der Waals surface area contributed by atoms with Crippen molar-refractivity contribution in [3.63, 3.8) is 0 Å². The Balaban J connectivity index is 1.76. The van der Waals surface area contributed by atoms with E-state index in [-0.39, 0.29) is 6.10 Å². The number of morpholine rings is 1. The van der Waals surface area contributed by atoms with E-state index in [9.17, 15) is 5.11 Å². The molecule has 3 aliphatic rings. The smallest absolute Gasteiger partial charge is 0.0674 e. The second kappa shape index (κ2) is 5.10. The van der Waals surface area contributed by atoms with E-state index in [1.165, 1.54) is 32.1 Å². The van der Waals surface area contributed by atoms with Gasteiger partial charge < -0.3 is 9.84 Å². The molecule has 1 heterocycles. The zero-order valence-corrected chi connectivity index (χ0v) is 11.6. The molecule has 0 aromatic carbocycles. The third kappa shape index (κ3) is 2.33. The molecule has 1 aliphatic heterocycles. The second-order valence-corrected chi connectivity index (χ2v) is 6.69. The van der Waals surface area contributed by atoms with Crippen LogP contribution >= 0.6 is 0 Å². The molecule has 3 unspecified atom stereocenters. The minimum Gasteiger partial charge on any atom is -0.393 e. The van der Waals surface area contributed by atoms with E-state index in [0.29, 0.717) is 17.6 Å². The Morgan fingerprint density at radius 2 is 2.00 bits per heavy atom. The van der Waals surface area contributed by atoms with Crippen LogP contribution < -0.4 is 0 Å². The predicted molar refractivity (Wildman–Crippen MR) is 71.5 cm³/mol. The molecule has 3 rings (SSSR count). The molecule has 0 aromatic rings. The lowest BCUT2D eigenvalue weighted by molar-refractivity contribution is -0.0875. The monoisotopic (exact) mass is 253 g/mol. The summed E-state index contributed by atoms with van der Waals surface area (Å²) in [4.78, 5) is 2.63. The van der Waals surface area contributed by atoms with Gasteiger partial charge in [0.05, 0.1) is 18.8 Å². The maximum absolute atomic E-state index is 10.1. The van der Waals surface area contributed by atoms with Crippen LogP contribution in [0.4, 0.5) is 0 Å². The normalized spacial score (nSPS) is 41.3. The molecule has 2 aliphatic carbocycles. The lowest BCUT2D eigenvalue weighted by Gasteiger charge is -2.50. The quantitative estimate of drug-likeness (QED) is 0.777. The largest absolute Gasteiger partial charge is 0.393 e. The molecule has 3 heteroatoms. The Bertz CT molecular complexity index is 288. The average Bonchev–Trinajstić information content (AvgIpc) is 2.82. The first kappa shape index (κ1) is 12.9. The lowest BCUT2D eigenvalue weighted by atomic mass is 9.67. The molecule has 18 heavy (non-hydrogen) atoms. The first-order chi connectivity index (χ1) is 8.70. The van der Waals surface area contributed by atoms with E-state index < -0.39 is 0 Å².